The van der Waals surface area contributed by atoms with Crippen LogP contribution in [-0.2, 0) is 11.2 Å². The van der Waals surface area contributed by atoms with Crippen LogP contribution in [0.3, 0.4) is 0 Å². The van der Waals surface area contributed by atoms with Gasteiger partial charge in [0.2, 0.25) is 17.7 Å². The molecule has 0 aliphatic carbocycles. The lowest BCUT2D eigenvalue weighted by Gasteiger charge is -2.13. The van der Waals surface area contributed by atoms with Crippen LogP contribution >= 0.6 is 0 Å². The monoisotopic (exact) mass is 390 g/mol. The van der Waals surface area contributed by atoms with E-state index in [0.717, 1.165) is 16.0 Å². The van der Waals surface area contributed by atoms with E-state index in [1.807, 2.05) is 31.2 Å². The van der Waals surface area contributed by atoms with Gasteiger partial charge in [0.25, 0.3) is 11.8 Å². The van der Waals surface area contributed by atoms with Crippen LogP contribution in [0.5, 0.6) is 0 Å². The summed E-state index contributed by atoms with van der Waals surface area (Å²) in [6.07, 6.45) is 0.340. The molecule has 1 aromatic heterocycles. The predicted molar refractivity (Wildman–Crippen MR) is 103 cm³/mol. The van der Waals surface area contributed by atoms with Crippen LogP contribution in [-0.4, -0.2) is 45.9 Å². The van der Waals surface area contributed by atoms with Gasteiger partial charge in [-0.2, -0.15) is 0 Å². The Kier molecular flexibility index (Phi) is 4.90. The summed E-state index contributed by atoms with van der Waals surface area (Å²) < 4.78 is 5.62. The molecule has 146 valence electrons. The number of imide groups is 1. The molecule has 0 radical (unpaired) electrons. The Morgan fingerprint density at radius 3 is 2.45 bits per heavy atom. The molecule has 1 aliphatic rings. The summed E-state index contributed by atoms with van der Waals surface area (Å²) >= 11 is 0. The molecule has 2 heterocycles. The fourth-order valence-corrected chi connectivity index (χ4v) is 3.14. The average Bonchev–Trinajstić information content (AvgIpc) is 3.28. The van der Waals surface area contributed by atoms with Gasteiger partial charge in [-0.1, -0.05) is 29.8 Å². The van der Waals surface area contributed by atoms with E-state index in [0.29, 0.717) is 29.3 Å². The molecular formula is C21H18N4O4. The molecule has 0 fully saturated rings. The van der Waals surface area contributed by atoms with Crippen molar-refractivity contribution in [1.29, 1.82) is 0 Å². The van der Waals surface area contributed by atoms with Gasteiger partial charge >= 0.3 is 0 Å². The smallest absolute Gasteiger partial charge is 0.262 e. The summed E-state index contributed by atoms with van der Waals surface area (Å²) in [7, 11) is 0. The summed E-state index contributed by atoms with van der Waals surface area (Å²) in [6, 6.07) is 14.2. The lowest BCUT2D eigenvalue weighted by molar-refractivity contribution is -0.121. The number of hydrogen-bond donors (Lipinski definition) is 1. The molecular weight excluding hydrogens is 372 g/mol. The topological polar surface area (TPSA) is 105 Å². The van der Waals surface area contributed by atoms with Gasteiger partial charge in [-0.05, 0) is 31.2 Å². The first-order valence-corrected chi connectivity index (χ1v) is 9.14. The number of carbonyl (C=O) groups excluding carboxylic acids is 3. The van der Waals surface area contributed by atoms with Gasteiger partial charge in [-0.25, -0.2) is 0 Å². The van der Waals surface area contributed by atoms with Crippen LogP contribution in [0.25, 0.3) is 11.5 Å². The Bertz CT molecular complexity index is 1070. The number of nitrogens with one attached hydrogen (secondary N) is 1. The Morgan fingerprint density at radius 2 is 1.76 bits per heavy atom. The van der Waals surface area contributed by atoms with E-state index >= 15 is 0 Å². The Morgan fingerprint density at radius 1 is 1.03 bits per heavy atom. The molecule has 0 unspecified atom stereocenters. The second-order valence-corrected chi connectivity index (χ2v) is 6.71. The molecule has 2 aromatic carbocycles. The molecule has 3 aromatic rings. The van der Waals surface area contributed by atoms with Crippen LogP contribution in [0, 0.1) is 6.92 Å². The van der Waals surface area contributed by atoms with Crippen molar-refractivity contribution in [2.24, 2.45) is 0 Å². The minimum atomic E-state index is -0.458. The van der Waals surface area contributed by atoms with Crippen LogP contribution in [0.1, 0.15) is 32.2 Å². The lowest BCUT2D eigenvalue weighted by atomic mass is 10.1. The van der Waals surface area contributed by atoms with Crippen molar-refractivity contribution < 1.29 is 18.8 Å². The highest BCUT2D eigenvalue weighted by Gasteiger charge is 2.36. The van der Waals surface area contributed by atoms with Gasteiger partial charge in [-0.3, -0.25) is 19.3 Å². The first-order valence-electron chi connectivity index (χ1n) is 9.14. The molecule has 8 nitrogen and oxygen atoms in total. The number of hydrogen-bond acceptors (Lipinski definition) is 6. The number of carbonyl (C=O) groups is 3. The van der Waals surface area contributed by atoms with Crippen LogP contribution in [0.2, 0.25) is 0 Å². The van der Waals surface area contributed by atoms with Gasteiger partial charge in [0.15, 0.2) is 0 Å². The average molecular weight is 390 g/mol. The van der Waals surface area contributed by atoms with Gasteiger partial charge < -0.3 is 9.73 Å². The van der Waals surface area contributed by atoms with Crippen molar-refractivity contribution in [3.05, 3.63) is 71.1 Å². The van der Waals surface area contributed by atoms with Gasteiger partial charge in [-0.15, -0.1) is 10.2 Å². The van der Waals surface area contributed by atoms with E-state index in [1.54, 1.807) is 24.3 Å². The minimum absolute atomic E-state index is 0.247. The number of amides is 3. The number of rotatable bonds is 6. The normalized spacial score (nSPS) is 12.9. The van der Waals surface area contributed by atoms with Crippen LogP contribution < -0.4 is 5.32 Å². The van der Waals surface area contributed by atoms with Crippen LogP contribution in [0.4, 0.5) is 0 Å². The highest BCUT2D eigenvalue weighted by atomic mass is 16.4. The maximum Gasteiger partial charge on any atom is 0.262 e. The van der Waals surface area contributed by atoms with E-state index < -0.39 is 17.7 Å². The number of aryl methyl sites for hydroxylation is 1. The zero-order valence-electron chi connectivity index (χ0n) is 15.7. The van der Waals surface area contributed by atoms with Gasteiger partial charge in [0.05, 0.1) is 11.1 Å². The summed E-state index contributed by atoms with van der Waals surface area (Å²) in [6.45, 7) is 1.90. The molecule has 29 heavy (non-hydrogen) atoms. The molecule has 4 rings (SSSR count). The molecule has 0 bridgehead atoms. The van der Waals surface area contributed by atoms with Crippen molar-refractivity contribution in [3.63, 3.8) is 0 Å². The van der Waals surface area contributed by atoms with Gasteiger partial charge in [0, 0.05) is 18.5 Å². The van der Waals surface area contributed by atoms with Crippen molar-refractivity contribution in [2.45, 2.75) is 13.3 Å². The molecule has 0 spiro atoms. The lowest BCUT2D eigenvalue weighted by Crippen LogP contribution is -2.40. The number of aromatic nitrogens is 2. The molecule has 0 saturated heterocycles. The zero-order chi connectivity index (χ0) is 20.4. The van der Waals surface area contributed by atoms with Gasteiger partial charge in [0.1, 0.15) is 6.54 Å². The quantitative estimate of drug-likeness (QED) is 0.646. The first kappa shape index (κ1) is 18.5. The summed E-state index contributed by atoms with van der Waals surface area (Å²) in [4.78, 5) is 37.7. The van der Waals surface area contributed by atoms with Crippen molar-refractivity contribution >= 4 is 17.7 Å². The third kappa shape index (κ3) is 3.77. The second-order valence-electron chi connectivity index (χ2n) is 6.71. The second kappa shape index (κ2) is 7.67. The van der Waals surface area contributed by atoms with E-state index in [1.165, 1.54) is 0 Å². The molecule has 3 amide bonds. The van der Waals surface area contributed by atoms with Crippen molar-refractivity contribution in [3.8, 4) is 11.5 Å². The number of benzene rings is 2. The van der Waals surface area contributed by atoms with Crippen LogP contribution in [0.15, 0.2) is 52.9 Å². The molecule has 8 heteroatoms. The standard InChI is InChI=1S/C21H18N4O4/c1-13-5-4-6-14(11-13)19-24-23-18(29-19)9-10-22-17(26)12-25-20(27)15-7-2-3-8-16(15)21(25)28/h2-8,11H,9-10,12H2,1H3,(H,22,26). The fraction of sp³-hybridized carbons (Fsp3) is 0.190. The van der Waals surface area contributed by atoms with E-state index in [2.05, 4.69) is 15.5 Å². The fourth-order valence-electron chi connectivity index (χ4n) is 3.14. The Labute approximate surface area is 166 Å². The zero-order valence-corrected chi connectivity index (χ0v) is 15.7. The maximum atomic E-state index is 12.3. The maximum absolute atomic E-state index is 12.3. The molecule has 1 N–H and O–H groups in total. The first-order chi connectivity index (χ1) is 14.0. The Hall–Kier alpha value is -3.81. The third-order valence-electron chi connectivity index (χ3n) is 4.57. The third-order valence-corrected chi connectivity index (χ3v) is 4.57. The SMILES string of the molecule is Cc1cccc(-c2nnc(CCNC(=O)CN3C(=O)c4ccccc4C3=O)o2)c1. The number of fused-ring (bicyclic) bond motifs is 1. The van der Waals surface area contributed by atoms with E-state index in [9.17, 15) is 14.4 Å². The molecule has 1 aliphatic heterocycles. The predicted octanol–water partition coefficient (Wildman–Crippen LogP) is 2.00. The van der Waals surface area contributed by atoms with E-state index in [-0.39, 0.29) is 13.1 Å². The largest absolute Gasteiger partial charge is 0.421 e. The number of nitrogens with zero attached hydrogens (tertiary/aromatic N) is 3. The highest BCUT2D eigenvalue weighted by molar-refractivity contribution is 6.22. The minimum Gasteiger partial charge on any atom is -0.421 e. The molecule has 0 saturated carbocycles. The molecule has 0 atom stereocenters. The summed E-state index contributed by atoms with van der Waals surface area (Å²) in [5.41, 5.74) is 2.56. The summed E-state index contributed by atoms with van der Waals surface area (Å²) in [5.74, 6) is -0.539. The highest BCUT2D eigenvalue weighted by Crippen LogP contribution is 2.22. The van der Waals surface area contributed by atoms with Crippen molar-refractivity contribution in [2.75, 3.05) is 13.1 Å². The Balaban J connectivity index is 1.30. The van der Waals surface area contributed by atoms with Crippen molar-refractivity contribution in [1.82, 2.24) is 20.4 Å². The summed E-state index contributed by atoms with van der Waals surface area (Å²) in [5, 5.41) is 10.7. The van der Waals surface area contributed by atoms with E-state index in [4.69, 9.17) is 4.42 Å².